The first-order valence-electron chi connectivity index (χ1n) is 6.36. The van der Waals surface area contributed by atoms with Crippen LogP contribution in [0.15, 0.2) is 51.8 Å². The Morgan fingerprint density at radius 1 is 1.20 bits per heavy atom. The molecule has 0 aliphatic heterocycles. The number of aliphatic hydroxyl groups is 1. The van der Waals surface area contributed by atoms with E-state index in [1.54, 1.807) is 11.8 Å². The topological polar surface area (TPSA) is 20.2 Å². The Balaban J connectivity index is 1.89. The average Bonchev–Trinajstić information content (AvgIpc) is 2.41. The van der Waals surface area contributed by atoms with Crippen molar-refractivity contribution < 1.29 is 5.11 Å². The van der Waals surface area contributed by atoms with Crippen molar-refractivity contribution >= 4 is 39.3 Å². The third kappa shape index (κ3) is 4.81. The van der Waals surface area contributed by atoms with Crippen molar-refractivity contribution in [3.05, 3.63) is 63.1 Å². The fourth-order valence-electron chi connectivity index (χ4n) is 1.83. The summed E-state index contributed by atoms with van der Waals surface area (Å²) in [7, 11) is 0. The molecule has 0 heterocycles. The summed E-state index contributed by atoms with van der Waals surface area (Å²) >= 11 is 11.2. The van der Waals surface area contributed by atoms with Gasteiger partial charge in [-0.2, -0.15) is 0 Å². The van der Waals surface area contributed by atoms with E-state index < -0.39 is 6.10 Å². The molecule has 1 unspecified atom stereocenters. The van der Waals surface area contributed by atoms with Crippen LogP contribution < -0.4 is 0 Å². The van der Waals surface area contributed by atoms with Gasteiger partial charge in [-0.25, -0.2) is 0 Å². The molecule has 0 radical (unpaired) electrons. The normalized spacial score (nSPS) is 12.4. The highest BCUT2D eigenvalue weighted by Crippen LogP contribution is 2.24. The lowest BCUT2D eigenvalue weighted by molar-refractivity contribution is 0.200. The monoisotopic (exact) mass is 370 g/mol. The first-order valence-corrected chi connectivity index (χ1v) is 8.51. The Kier molecular flexibility index (Phi) is 5.97. The molecule has 0 spiro atoms. The third-order valence-electron chi connectivity index (χ3n) is 2.93. The summed E-state index contributed by atoms with van der Waals surface area (Å²) in [5.74, 6) is 0.662. The molecule has 0 bridgehead atoms. The van der Waals surface area contributed by atoms with Crippen molar-refractivity contribution in [2.24, 2.45) is 0 Å². The summed E-state index contributed by atoms with van der Waals surface area (Å²) in [5, 5.41) is 10.8. The molecule has 2 rings (SSSR count). The third-order valence-corrected chi connectivity index (χ3v) is 4.94. The molecule has 0 aliphatic carbocycles. The molecule has 0 saturated carbocycles. The molecule has 0 fully saturated rings. The van der Waals surface area contributed by atoms with Gasteiger partial charge in [-0.1, -0.05) is 51.3 Å². The van der Waals surface area contributed by atoms with E-state index in [1.807, 2.05) is 18.2 Å². The van der Waals surface area contributed by atoms with Crippen molar-refractivity contribution in [1.29, 1.82) is 0 Å². The lowest BCUT2D eigenvalue weighted by Crippen LogP contribution is -2.13. The number of benzene rings is 2. The minimum Gasteiger partial charge on any atom is -0.392 e. The van der Waals surface area contributed by atoms with E-state index >= 15 is 0 Å². The molecular weight excluding hydrogens is 356 g/mol. The predicted octanol–water partition coefficient (Wildman–Crippen LogP) is 5.11. The van der Waals surface area contributed by atoms with Crippen LogP contribution in [0.4, 0.5) is 0 Å². The van der Waals surface area contributed by atoms with Crippen molar-refractivity contribution in [2.45, 2.75) is 24.3 Å². The highest BCUT2D eigenvalue weighted by molar-refractivity contribution is 9.10. The second-order valence-electron chi connectivity index (χ2n) is 4.72. The van der Waals surface area contributed by atoms with Crippen LogP contribution in [0.3, 0.4) is 0 Å². The molecule has 1 N–H and O–H groups in total. The Morgan fingerprint density at radius 2 is 1.90 bits per heavy atom. The van der Waals surface area contributed by atoms with Crippen molar-refractivity contribution in [3.63, 3.8) is 0 Å². The molecule has 0 saturated heterocycles. The van der Waals surface area contributed by atoms with Crippen LogP contribution in [-0.2, 0) is 6.42 Å². The molecule has 0 amide bonds. The van der Waals surface area contributed by atoms with Gasteiger partial charge in [-0.15, -0.1) is 11.8 Å². The Hall–Kier alpha value is -0.480. The Labute approximate surface area is 137 Å². The number of aryl methyl sites for hydroxylation is 1. The van der Waals surface area contributed by atoms with Crippen LogP contribution in [0.25, 0.3) is 0 Å². The van der Waals surface area contributed by atoms with Gasteiger partial charge in [0, 0.05) is 26.6 Å². The van der Waals surface area contributed by atoms with Crippen LogP contribution in [0.2, 0.25) is 5.02 Å². The number of aliphatic hydroxyl groups excluding tert-OH is 1. The van der Waals surface area contributed by atoms with E-state index in [9.17, 15) is 5.11 Å². The van der Waals surface area contributed by atoms with Crippen molar-refractivity contribution in [3.8, 4) is 0 Å². The van der Waals surface area contributed by atoms with Crippen LogP contribution in [0.5, 0.6) is 0 Å². The Bertz CT molecular complexity index is 571. The largest absolute Gasteiger partial charge is 0.392 e. The minimum atomic E-state index is -0.403. The van der Waals surface area contributed by atoms with Gasteiger partial charge in [0.2, 0.25) is 0 Å². The number of rotatable bonds is 5. The summed E-state index contributed by atoms with van der Waals surface area (Å²) < 4.78 is 0.953. The number of hydrogen-bond acceptors (Lipinski definition) is 2. The lowest BCUT2D eigenvalue weighted by atomic mass is 10.1. The molecule has 0 aliphatic rings. The van der Waals surface area contributed by atoms with Crippen molar-refractivity contribution in [2.75, 3.05) is 5.75 Å². The van der Waals surface area contributed by atoms with E-state index in [-0.39, 0.29) is 0 Å². The summed E-state index contributed by atoms with van der Waals surface area (Å²) in [6.07, 6.45) is 0.172. The van der Waals surface area contributed by atoms with Gasteiger partial charge in [-0.3, -0.25) is 0 Å². The van der Waals surface area contributed by atoms with Crippen LogP contribution in [-0.4, -0.2) is 17.0 Å². The van der Waals surface area contributed by atoms with E-state index in [4.69, 9.17) is 11.6 Å². The van der Waals surface area contributed by atoms with E-state index in [1.165, 1.54) is 10.5 Å². The fourth-order valence-corrected chi connectivity index (χ4v) is 3.41. The molecule has 2 aromatic rings. The van der Waals surface area contributed by atoms with E-state index in [2.05, 4.69) is 47.1 Å². The predicted molar refractivity (Wildman–Crippen MR) is 90.8 cm³/mol. The highest BCUT2D eigenvalue weighted by Gasteiger charge is 2.09. The number of thioether (sulfide) groups is 1. The van der Waals surface area contributed by atoms with Crippen LogP contribution >= 0.6 is 39.3 Å². The molecule has 4 heteroatoms. The van der Waals surface area contributed by atoms with E-state index in [0.717, 1.165) is 10.0 Å². The van der Waals surface area contributed by atoms with Gasteiger partial charge in [-0.05, 0) is 36.8 Å². The van der Waals surface area contributed by atoms with E-state index in [0.29, 0.717) is 17.2 Å². The molecule has 1 atom stereocenters. The van der Waals surface area contributed by atoms with Gasteiger partial charge in [0.1, 0.15) is 0 Å². The van der Waals surface area contributed by atoms with Crippen LogP contribution in [0, 0.1) is 6.92 Å². The lowest BCUT2D eigenvalue weighted by Gasteiger charge is -2.12. The first-order chi connectivity index (χ1) is 9.54. The molecule has 0 aromatic heterocycles. The van der Waals surface area contributed by atoms with Crippen molar-refractivity contribution in [1.82, 2.24) is 0 Å². The fraction of sp³-hybridized carbons (Fsp3) is 0.250. The van der Waals surface area contributed by atoms with Gasteiger partial charge in [0.25, 0.3) is 0 Å². The summed E-state index contributed by atoms with van der Waals surface area (Å²) in [5.41, 5.74) is 2.23. The number of hydrogen-bond donors (Lipinski definition) is 1. The van der Waals surface area contributed by atoms with Crippen LogP contribution in [0.1, 0.15) is 11.1 Å². The average molecular weight is 372 g/mol. The first kappa shape index (κ1) is 15.9. The highest BCUT2D eigenvalue weighted by atomic mass is 79.9. The maximum absolute atomic E-state index is 10.1. The zero-order valence-corrected chi connectivity index (χ0v) is 14.3. The van der Waals surface area contributed by atoms with Gasteiger partial charge in [0.05, 0.1) is 6.10 Å². The number of halogens is 2. The maximum atomic E-state index is 10.1. The minimum absolute atomic E-state index is 0.403. The second kappa shape index (κ2) is 7.51. The molecule has 20 heavy (non-hydrogen) atoms. The quantitative estimate of drug-likeness (QED) is 0.737. The summed E-state index contributed by atoms with van der Waals surface area (Å²) in [6.45, 7) is 2.07. The summed E-state index contributed by atoms with van der Waals surface area (Å²) in [4.78, 5) is 1.18. The standard InChI is InChI=1S/C16H16BrClOS/c1-11-2-6-15(7-3-11)20-10-14(19)8-12-4-5-13(17)9-16(12)18/h2-7,9,14,19H,8,10H2,1H3. The SMILES string of the molecule is Cc1ccc(SCC(O)Cc2ccc(Br)cc2Cl)cc1. The van der Waals surface area contributed by atoms with Gasteiger partial charge in [0.15, 0.2) is 0 Å². The molecule has 106 valence electrons. The molecular formula is C16H16BrClOS. The molecule has 1 nitrogen and oxygen atoms in total. The maximum Gasteiger partial charge on any atom is 0.0674 e. The zero-order valence-electron chi connectivity index (χ0n) is 11.1. The summed E-state index contributed by atoms with van der Waals surface area (Å²) in [6, 6.07) is 14.1. The smallest absolute Gasteiger partial charge is 0.0674 e. The van der Waals surface area contributed by atoms with Gasteiger partial charge < -0.3 is 5.11 Å². The second-order valence-corrected chi connectivity index (χ2v) is 7.13. The molecule has 2 aromatic carbocycles. The van der Waals surface area contributed by atoms with Gasteiger partial charge >= 0.3 is 0 Å². The zero-order chi connectivity index (χ0) is 14.5. The Morgan fingerprint density at radius 3 is 2.55 bits per heavy atom.